The summed E-state index contributed by atoms with van der Waals surface area (Å²) in [5.41, 5.74) is 26.1. The average Bonchev–Trinajstić information content (AvgIpc) is 1.65. The summed E-state index contributed by atoms with van der Waals surface area (Å²) < 4.78 is 0.525. The van der Waals surface area contributed by atoms with Crippen molar-refractivity contribution in [3.8, 4) is 5.75 Å². The summed E-state index contributed by atoms with van der Waals surface area (Å²) in [7, 11) is 0. The number of nitrogens with zero attached hydrogens (tertiary/aromatic N) is 3. The Kier molecular flexibility index (Phi) is 37.4. The molecule has 4 heterocycles. The number of phenolic OH excluding ortho intramolecular Hbond substituents is 1. The summed E-state index contributed by atoms with van der Waals surface area (Å²) in [6.07, 6.45) is 4.59. The molecule has 0 radical (unpaired) electrons. The van der Waals surface area contributed by atoms with Gasteiger partial charge in [0.25, 0.3) is 0 Å². The number of nitrogens with two attached hydrogens (primary N) is 4. The first-order valence-corrected chi connectivity index (χ1v) is 41.4. The molecule has 5 aromatic rings. The van der Waals surface area contributed by atoms with Gasteiger partial charge in [-0.05, 0) is 146 Å². The number of carbonyl (C=O) groups excluding carboxylic acids is 14. The summed E-state index contributed by atoms with van der Waals surface area (Å²) in [5.74, 6) is -13.9. The van der Waals surface area contributed by atoms with Crippen molar-refractivity contribution in [1.82, 2.24) is 83.2 Å². The third-order valence-electron chi connectivity index (χ3n) is 20.5. The van der Waals surface area contributed by atoms with Crippen molar-refractivity contribution in [1.29, 1.82) is 5.41 Å². The number of hydrogen-bond donors (Lipinski definition) is 20. The topological polar surface area (TPSA) is 608 Å². The summed E-state index contributed by atoms with van der Waals surface area (Å²) in [5, 5.41) is 57.9. The highest BCUT2D eigenvalue weighted by molar-refractivity contribution is 14.1. The lowest BCUT2D eigenvalue weighted by Gasteiger charge is -2.31. The van der Waals surface area contributed by atoms with Crippen molar-refractivity contribution >= 4 is 128 Å². The number of aromatic nitrogens is 3. The number of nitrogens with one attached hydrogen (secondary N) is 14. The Labute approximate surface area is 708 Å². The lowest BCUT2D eigenvalue weighted by atomic mass is 9.99. The van der Waals surface area contributed by atoms with Crippen LogP contribution < -0.4 is 81.4 Å². The third kappa shape index (κ3) is 29.9. The first kappa shape index (κ1) is 95.4. The lowest BCUT2D eigenvalue weighted by Crippen LogP contribution is -2.61. The number of likely N-dealkylation sites (tertiary alicyclic amines) is 2. The number of H-pyrrole nitrogens is 2. The maximum absolute atomic E-state index is 15.0. The molecular formula is C81H114IN21O17. The number of unbranched alkanes of at least 4 members (excludes halogenated alkanes) is 1. The van der Waals surface area contributed by atoms with Crippen LogP contribution in [0.2, 0.25) is 0 Å². The number of phenols is 1. The fraction of sp³-hybridized carbons (Fsp3) is 0.519. The van der Waals surface area contributed by atoms with Crippen LogP contribution in [-0.2, 0) is 97.6 Å². The van der Waals surface area contributed by atoms with Gasteiger partial charge in [-0.15, -0.1) is 0 Å². The van der Waals surface area contributed by atoms with Crippen molar-refractivity contribution in [2.75, 3.05) is 26.2 Å². The normalized spacial score (nSPS) is 16.3. The maximum Gasteiger partial charge on any atom is 0.326 e. The molecule has 0 saturated carbocycles. The maximum atomic E-state index is 15.0. The molecule has 120 heavy (non-hydrogen) atoms. The van der Waals surface area contributed by atoms with E-state index < -0.39 is 193 Å². The minimum Gasteiger partial charge on any atom is -0.507 e. The molecule has 0 bridgehead atoms. The monoisotopic (exact) mass is 1780 g/mol. The summed E-state index contributed by atoms with van der Waals surface area (Å²) in [6.45, 7) is 8.21. The molecule has 2 saturated heterocycles. The highest BCUT2D eigenvalue weighted by Crippen LogP contribution is 2.26. The van der Waals surface area contributed by atoms with E-state index in [-0.39, 0.29) is 121 Å². The zero-order valence-corrected chi connectivity index (χ0v) is 70.2. The summed E-state index contributed by atoms with van der Waals surface area (Å²) in [4.78, 5) is 223. The zero-order valence-electron chi connectivity index (χ0n) is 68.1. The molecule has 2 fully saturated rings. The number of imidazole rings is 1. The van der Waals surface area contributed by atoms with Crippen LogP contribution in [0.4, 0.5) is 0 Å². The molecule has 2 aromatic heterocycles. The molecule has 0 unspecified atom stereocenters. The smallest absolute Gasteiger partial charge is 0.326 e. The van der Waals surface area contributed by atoms with Crippen LogP contribution >= 0.6 is 22.6 Å². The van der Waals surface area contributed by atoms with E-state index in [1.54, 1.807) is 88.5 Å². The highest BCUT2D eigenvalue weighted by Gasteiger charge is 2.43. The third-order valence-corrected chi connectivity index (χ3v) is 21.4. The van der Waals surface area contributed by atoms with E-state index in [4.69, 9.17) is 28.3 Å². The van der Waals surface area contributed by atoms with E-state index in [1.165, 1.54) is 28.4 Å². The zero-order chi connectivity index (χ0) is 87.9. The van der Waals surface area contributed by atoms with Crippen LogP contribution in [0.3, 0.4) is 0 Å². The Hall–Kier alpha value is -11.8. The van der Waals surface area contributed by atoms with Gasteiger partial charge in [0.15, 0.2) is 5.96 Å². The van der Waals surface area contributed by atoms with E-state index in [0.717, 1.165) is 0 Å². The van der Waals surface area contributed by atoms with Crippen LogP contribution in [-0.4, -0.2) is 228 Å². The van der Waals surface area contributed by atoms with Crippen molar-refractivity contribution in [3.63, 3.8) is 0 Å². The fourth-order valence-electron chi connectivity index (χ4n) is 14.3. The van der Waals surface area contributed by atoms with Gasteiger partial charge >= 0.3 is 5.97 Å². The largest absolute Gasteiger partial charge is 0.507 e. The second-order valence-corrected chi connectivity index (χ2v) is 32.2. The first-order valence-electron chi connectivity index (χ1n) is 40.4. The molecule has 652 valence electrons. The van der Waals surface area contributed by atoms with Gasteiger partial charge in [0.05, 0.1) is 28.2 Å². The number of halogens is 1. The molecule has 39 heteroatoms. The number of aliphatic carboxylic acids is 1. The molecule has 14 amide bonds. The number of aromatic hydroxyl groups is 1. The average molecular weight is 1780 g/mol. The van der Waals surface area contributed by atoms with Crippen LogP contribution in [0.15, 0.2) is 91.5 Å². The molecule has 38 nitrogen and oxygen atoms in total. The van der Waals surface area contributed by atoms with Gasteiger partial charge in [0.1, 0.15) is 72.2 Å². The Morgan fingerprint density at radius 1 is 0.550 bits per heavy atom. The van der Waals surface area contributed by atoms with Gasteiger partial charge in [-0.3, -0.25) is 72.5 Å². The van der Waals surface area contributed by atoms with Gasteiger partial charge in [-0.2, -0.15) is 0 Å². The number of primary amides is 2. The number of aromatic amines is 2. The number of guanidine groups is 1. The number of carboxylic acid groups (broad SMARTS) is 1. The first-order chi connectivity index (χ1) is 57.1. The molecule has 0 aliphatic carbocycles. The predicted octanol–water partition coefficient (Wildman–Crippen LogP) is -0.578. The molecule has 0 spiro atoms. The lowest BCUT2D eigenvalue weighted by molar-refractivity contribution is -0.144. The van der Waals surface area contributed by atoms with Crippen LogP contribution in [0.25, 0.3) is 10.9 Å². The van der Waals surface area contributed by atoms with E-state index in [9.17, 15) is 77.3 Å². The molecule has 7 rings (SSSR count). The van der Waals surface area contributed by atoms with Gasteiger partial charge in [-0.25, -0.2) is 9.78 Å². The van der Waals surface area contributed by atoms with Crippen LogP contribution in [0.5, 0.6) is 5.75 Å². The standard InChI is InChI=1S/C81H114IN21O17/c1-6-7-19-54(70(109)101-62(80(119)120)37-46-16-9-8-10-17-46)95-77(116)64-23-15-32-103(64)79(118)57(26-29-67(85)106)93-68(107)42-91-76(115)63-22-14-31-102(63)78(117)56(21-13-30-89-81(86)87)96-73(112)59(34-45(4)5)98-71(110)55(25-28-66(84)105)94-72(111)58(33-44(2)3)99-74(113)60(38-48-40-90-53-20-12-11-18-50(48)53)100-75(114)61(39-49-41-88-43-92-49)97-69(108)52(83)36-47-24-27-65(104)51(82)35-47/h8-12,16-18,20,24,27,35,40-41,43-45,52,54-64,90,104H,6-7,13-15,19,21-23,25-26,28-34,36-39,42,83H2,1-5H3,(H2,84,105)(H2,85,106)(H,88,92)(H,91,115)(H,93,107)(H,94,111)(H,95,116)(H,96,112)(H,97,108)(H,98,110)(H,99,113)(H,100,114)(H,101,109)(H,119,120)(H4,86,87,89)/t52-,54-,55-,56-,57-,58-,59-,60-,61-,62-,63-,64-/m0/s1/i82-2. The predicted molar refractivity (Wildman–Crippen MR) is 449 cm³/mol. The Morgan fingerprint density at radius 3 is 1.62 bits per heavy atom. The number of para-hydroxylation sites is 1. The van der Waals surface area contributed by atoms with Crippen molar-refractivity contribution in [2.24, 2.45) is 34.8 Å². The fourth-order valence-corrected chi connectivity index (χ4v) is 14.9. The Bertz CT molecular complexity index is 4410. The minimum atomic E-state index is -1.61. The molecule has 12 atom stereocenters. The van der Waals surface area contributed by atoms with E-state index in [2.05, 4.69) is 73.4 Å². The Morgan fingerprint density at radius 2 is 1.06 bits per heavy atom. The number of carbonyl (C=O) groups is 15. The van der Waals surface area contributed by atoms with E-state index in [1.807, 2.05) is 41.6 Å². The van der Waals surface area contributed by atoms with Crippen molar-refractivity contribution < 1.29 is 82.1 Å². The van der Waals surface area contributed by atoms with E-state index >= 15 is 4.79 Å². The number of hydrogen-bond acceptors (Lipinski definition) is 19. The summed E-state index contributed by atoms with van der Waals surface area (Å²) in [6, 6.07) is 4.31. The van der Waals surface area contributed by atoms with Gasteiger partial charge in [0.2, 0.25) is 82.7 Å². The molecule has 24 N–H and O–H groups in total. The number of benzene rings is 3. The minimum absolute atomic E-state index is 0.00580. The SMILES string of the molecule is CCCC[C@H](NC(=O)[C@@H]1CCCN1C(=O)[C@H](CCC(N)=O)NC(=O)CNC(=O)[C@@H]1CCCN1C(=O)[C@H](CCCNC(=N)N)NC(=O)[C@H](CC(C)C)NC(=O)[C@H](CCC(N)=O)NC(=O)[C@H](CC(C)C)NC(=O)[C@H](Cc1c[nH]c2ccccc12)NC(=O)[C@H](Cc1c[nH]cn1)NC(=O)[C@@H](N)Cc1ccc(O)c([125I])c1)C(=O)N[C@@H](Cc1ccccc1)C(=O)O. The highest BCUT2D eigenvalue weighted by atomic mass is 125. The van der Waals surface area contributed by atoms with Crippen molar-refractivity contribution in [3.05, 3.63) is 117 Å². The number of rotatable bonds is 48. The van der Waals surface area contributed by atoms with Crippen LogP contribution in [0.1, 0.15) is 153 Å². The van der Waals surface area contributed by atoms with E-state index in [0.29, 0.717) is 56.1 Å². The molecule has 2 aliphatic rings. The van der Waals surface area contributed by atoms with Crippen LogP contribution in [0, 0.1) is 20.8 Å². The second-order valence-electron chi connectivity index (χ2n) is 31.1. The molecule has 2 aliphatic heterocycles. The van der Waals surface area contributed by atoms with Gasteiger partial charge < -0.3 is 111 Å². The number of fused-ring (bicyclic) bond motifs is 1. The second kappa shape index (κ2) is 47.1. The van der Waals surface area contributed by atoms with Crippen molar-refractivity contribution in [2.45, 2.75) is 229 Å². The molecule has 3 aromatic carbocycles. The Balaban J connectivity index is 1.04. The summed E-state index contributed by atoms with van der Waals surface area (Å²) >= 11 is 1.94. The quantitative estimate of drug-likeness (QED) is 0.0100. The number of amides is 14. The van der Waals surface area contributed by atoms with Gasteiger partial charge in [-0.1, -0.05) is 102 Å². The van der Waals surface area contributed by atoms with Gasteiger partial charge in [0, 0.05) is 75.0 Å². The molecular weight excluding hydrogens is 1660 g/mol. The number of carboxylic acids is 1.